The van der Waals surface area contributed by atoms with Crippen LogP contribution in [0.1, 0.15) is 12.0 Å². The number of fused-ring (bicyclic) bond motifs is 2. The molecule has 5 rings (SSSR count). The van der Waals surface area contributed by atoms with Gasteiger partial charge in [-0.3, -0.25) is 14.5 Å². The Morgan fingerprint density at radius 2 is 1.79 bits per heavy atom. The monoisotopic (exact) mass is 453 g/mol. The number of rotatable bonds is 7. The summed E-state index contributed by atoms with van der Waals surface area (Å²) in [5, 5.41) is 2.60. The Bertz CT molecular complexity index is 871. The largest absolute Gasteiger partial charge is 0.372 e. The summed E-state index contributed by atoms with van der Waals surface area (Å²) in [6.07, 6.45) is 5.64. The highest BCUT2D eigenvalue weighted by Crippen LogP contribution is 2.51. The number of carbonyl (C=O) groups is 2. The first kappa shape index (κ1) is 23.4. The average Bonchev–Trinajstić information content (AvgIpc) is 3.62. The third-order valence-corrected chi connectivity index (χ3v) is 7.59. The zero-order valence-electron chi connectivity index (χ0n) is 18.9. The Morgan fingerprint density at radius 3 is 2.42 bits per heavy atom. The maximum absolute atomic E-state index is 10.6. The van der Waals surface area contributed by atoms with Crippen LogP contribution in [-0.4, -0.2) is 67.2 Å². The van der Waals surface area contributed by atoms with Crippen molar-refractivity contribution >= 4 is 24.3 Å². The number of likely N-dealkylation sites (tertiary alicyclic amines) is 2. The van der Waals surface area contributed by atoms with Crippen molar-refractivity contribution in [2.24, 2.45) is 51.8 Å². The highest BCUT2D eigenvalue weighted by molar-refractivity contribution is 5.95. The van der Waals surface area contributed by atoms with Gasteiger partial charge in [-0.1, -0.05) is 12.1 Å². The number of piperidine rings is 2. The zero-order chi connectivity index (χ0) is 23.4. The molecule has 1 aromatic carbocycles. The van der Waals surface area contributed by atoms with E-state index in [-0.39, 0.29) is 6.41 Å². The van der Waals surface area contributed by atoms with Gasteiger partial charge in [0.1, 0.15) is 5.84 Å². The predicted octanol–water partition coefficient (Wildman–Crippen LogP) is -0.00670. The Balaban J connectivity index is 0.000000821. The molecule has 9 heteroatoms. The highest BCUT2D eigenvalue weighted by atomic mass is 16.1. The molecule has 5 atom stereocenters. The first-order valence-corrected chi connectivity index (χ1v) is 11.7. The summed E-state index contributed by atoms with van der Waals surface area (Å²) in [5.41, 5.74) is 18.4. The summed E-state index contributed by atoms with van der Waals surface area (Å²) >= 11 is 0. The van der Waals surface area contributed by atoms with E-state index in [9.17, 15) is 4.79 Å². The van der Waals surface area contributed by atoms with Gasteiger partial charge < -0.3 is 27.4 Å². The van der Waals surface area contributed by atoms with E-state index in [1.807, 2.05) is 6.08 Å². The number of nitrogens with one attached hydrogen (secondary N) is 1. The molecule has 0 bridgehead atoms. The van der Waals surface area contributed by atoms with Crippen LogP contribution in [0.3, 0.4) is 0 Å². The minimum Gasteiger partial charge on any atom is -0.372 e. The minimum absolute atomic E-state index is 0.250. The van der Waals surface area contributed by atoms with Crippen LogP contribution in [-0.2, 0) is 16.1 Å². The Kier molecular flexibility index (Phi) is 7.42. The molecule has 2 saturated heterocycles. The molecule has 2 aliphatic carbocycles. The molecule has 5 unspecified atom stereocenters. The molecule has 9 nitrogen and oxygen atoms in total. The topological polar surface area (TPSA) is 143 Å². The number of nitrogens with zero attached hydrogens (tertiary/aromatic N) is 3. The third-order valence-electron chi connectivity index (χ3n) is 7.59. The van der Waals surface area contributed by atoms with Crippen LogP contribution in [0.2, 0.25) is 0 Å². The Morgan fingerprint density at radius 1 is 1.09 bits per heavy atom. The third kappa shape index (κ3) is 5.43. The fraction of sp³-hybridized carbons (Fsp3) is 0.542. The van der Waals surface area contributed by atoms with Crippen molar-refractivity contribution in [2.45, 2.75) is 19.0 Å². The van der Waals surface area contributed by atoms with Crippen LogP contribution < -0.4 is 22.5 Å². The van der Waals surface area contributed by atoms with E-state index in [2.05, 4.69) is 45.1 Å². The number of hydrogen-bond acceptors (Lipinski definition) is 6. The second-order valence-electron chi connectivity index (χ2n) is 9.45. The number of amides is 2. The van der Waals surface area contributed by atoms with E-state index >= 15 is 0 Å². The maximum Gasteiger partial charge on any atom is 0.211 e. The Hall–Kier alpha value is -2.75. The van der Waals surface area contributed by atoms with Crippen molar-refractivity contribution < 1.29 is 9.59 Å². The summed E-state index contributed by atoms with van der Waals surface area (Å²) in [4.78, 5) is 29.0. The number of primary amides is 1. The van der Waals surface area contributed by atoms with E-state index < -0.39 is 0 Å². The standard InChI is InChI=1S/C23H32N6O.CH3NO/c24-9-18-17-6-8-29(13-19(17)18)22(5-7-26-14-30)27-16-3-1-15(2-4-16)10-28-11-20-21(12-28)23(20)25;2-1-3/h1-5,7,14,17-21,23H,6,8-13,24-25H2,(H,26,30);1H,(H2,2,3)/b7-5-,27-22?;. The molecular formula is C24H35N7O2. The first-order chi connectivity index (χ1) is 16.1. The molecule has 2 saturated carbocycles. The normalized spacial score (nSPS) is 32.4. The van der Waals surface area contributed by atoms with E-state index in [1.165, 1.54) is 12.0 Å². The predicted molar refractivity (Wildman–Crippen MR) is 128 cm³/mol. The maximum atomic E-state index is 10.6. The second kappa shape index (κ2) is 10.5. The van der Waals surface area contributed by atoms with Gasteiger partial charge in [-0.15, -0.1) is 0 Å². The molecule has 0 radical (unpaired) electrons. The SMILES string of the molecule is NC=O.NCC1C2CCN(C(/C=C\NC=O)=Nc3ccc(CN4CC5C(N)C5C4)cc3)CC12. The van der Waals surface area contributed by atoms with Crippen molar-refractivity contribution in [1.29, 1.82) is 0 Å². The van der Waals surface area contributed by atoms with Crippen molar-refractivity contribution in [2.75, 3.05) is 32.7 Å². The van der Waals surface area contributed by atoms with Crippen LogP contribution >= 0.6 is 0 Å². The number of amidine groups is 1. The van der Waals surface area contributed by atoms with Crippen LogP contribution in [0.5, 0.6) is 0 Å². The molecule has 2 amide bonds. The molecule has 0 spiro atoms. The van der Waals surface area contributed by atoms with E-state index in [4.69, 9.17) is 21.3 Å². The fourth-order valence-electron chi connectivity index (χ4n) is 5.66. The number of nitrogens with two attached hydrogens (primary N) is 3. The van der Waals surface area contributed by atoms with Crippen LogP contribution in [0.4, 0.5) is 5.69 Å². The molecule has 2 aliphatic heterocycles. The summed E-state index contributed by atoms with van der Waals surface area (Å²) < 4.78 is 0. The van der Waals surface area contributed by atoms with Gasteiger partial charge in [0, 0.05) is 45.0 Å². The van der Waals surface area contributed by atoms with Crippen molar-refractivity contribution in [1.82, 2.24) is 15.1 Å². The first-order valence-electron chi connectivity index (χ1n) is 11.7. The van der Waals surface area contributed by atoms with E-state index in [0.717, 1.165) is 68.5 Å². The fourth-order valence-corrected chi connectivity index (χ4v) is 5.66. The lowest BCUT2D eigenvalue weighted by Crippen LogP contribution is -2.36. The second-order valence-corrected chi connectivity index (χ2v) is 9.45. The smallest absolute Gasteiger partial charge is 0.211 e. The number of benzene rings is 1. The van der Waals surface area contributed by atoms with Crippen LogP contribution in [0.15, 0.2) is 41.5 Å². The molecule has 4 fully saturated rings. The quantitative estimate of drug-likeness (QED) is 0.260. The van der Waals surface area contributed by atoms with Gasteiger partial charge >= 0.3 is 0 Å². The van der Waals surface area contributed by atoms with Gasteiger partial charge in [0.15, 0.2) is 0 Å². The zero-order valence-corrected chi connectivity index (χ0v) is 18.9. The lowest BCUT2D eigenvalue weighted by atomic mass is 10.1. The number of aliphatic imine (C=N–C) groups is 1. The molecule has 0 aromatic heterocycles. The van der Waals surface area contributed by atoms with Crippen molar-refractivity contribution in [3.63, 3.8) is 0 Å². The highest BCUT2D eigenvalue weighted by Gasteiger charge is 2.53. The lowest BCUT2D eigenvalue weighted by molar-refractivity contribution is -0.109. The summed E-state index contributed by atoms with van der Waals surface area (Å²) in [5.74, 6) is 4.47. The average molecular weight is 454 g/mol. The summed E-state index contributed by atoms with van der Waals surface area (Å²) in [7, 11) is 0. The van der Waals surface area contributed by atoms with Crippen molar-refractivity contribution in [3.8, 4) is 0 Å². The summed E-state index contributed by atoms with van der Waals surface area (Å²) in [6, 6.07) is 8.96. The molecule has 7 N–H and O–H groups in total. The molecule has 2 heterocycles. The number of hydrogen-bond donors (Lipinski definition) is 4. The van der Waals surface area contributed by atoms with Crippen molar-refractivity contribution in [3.05, 3.63) is 42.1 Å². The van der Waals surface area contributed by atoms with Gasteiger partial charge in [-0.25, -0.2) is 4.99 Å². The summed E-state index contributed by atoms with van der Waals surface area (Å²) in [6.45, 7) is 6.00. The van der Waals surface area contributed by atoms with Gasteiger partial charge in [-0.2, -0.15) is 0 Å². The molecule has 33 heavy (non-hydrogen) atoms. The van der Waals surface area contributed by atoms with E-state index in [0.29, 0.717) is 24.3 Å². The molecule has 4 aliphatic rings. The molecule has 1 aromatic rings. The van der Waals surface area contributed by atoms with Gasteiger partial charge in [0.05, 0.1) is 5.69 Å². The van der Waals surface area contributed by atoms with Gasteiger partial charge in [0.2, 0.25) is 12.8 Å². The molecule has 178 valence electrons. The van der Waals surface area contributed by atoms with Crippen LogP contribution in [0.25, 0.3) is 0 Å². The molecular weight excluding hydrogens is 418 g/mol. The number of carbonyl (C=O) groups excluding carboxylic acids is 2. The van der Waals surface area contributed by atoms with Gasteiger partial charge in [0.25, 0.3) is 0 Å². The van der Waals surface area contributed by atoms with Gasteiger partial charge in [-0.05, 0) is 66.3 Å². The Labute approximate surface area is 195 Å². The minimum atomic E-state index is 0.250. The lowest BCUT2D eigenvalue weighted by Gasteiger charge is -2.28. The van der Waals surface area contributed by atoms with E-state index in [1.54, 1.807) is 6.20 Å². The van der Waals surface area contributed by atoms with Crippen LogP contribution in [0, 0.1) is 29.6 Å².